The van der Waals surface area contributed by atoms with Gasteiger partial charge in [0, 0.05) is 19.6 Å². The number of carbonyl (C=O) groups is 2. The molecule has 6 nitrogen and oxygen atoms in total. The monoisotopic (exact) mass is 371 g/mol. The molecule has 0 unspecified atom stereocenters. The van der Waals surface area contributed by atoms with E-state index >= 15 is 0 Å². The van der Waals surface area contributed by atoms with E-state index in [0.717, 1.165) is 37.2 Å². The number of nitrogens with zero attached hydrogens (tertiary/aromatic N) is 3. The molecule has 0 aliphatic carbocycles. The maximum Gasteiger partial charge on any atom is 0.277 e. The molecule has 0 atom stereocenters. The largest absolute Gasteiger partial charge is 0.494 e. The molecular formula is C21H29N3O3. The summed E-state index contributed by atoms with van der Waals surface area (Å²) in [5, 5.41) is 0. The van der Waals surface area contributed by atoms with Crippen molar-refractivity contribution >= 4 is 17.4 Å². The van der Waals surface area contributed by atoms with Crippen molar-refractivity contribution in [3.63, 3.8) is 0 Å². The topological polar surface area (TPSA) is 53.1 Å². The van der Waals surface area contributed by atoms with E-state index in [2.05, 4.69) is 11.9 Å². The van der Waals surface area contributed by atoms with E-state index in [4.69, 9.17) is 4.74 Å². The molecule has 6 heteroatoms. The summed E-state index contributed by atoms with van der Waals surface area (Å²) in [6.45, 7) is 6.74. The van der Waals surface area contributed by atoms with Gasteiger partial charge in [0.1, 0.15) is 11.4 Å². The molecule has 1 aromatic rings. The molecule has 27 heavy (non-hydrogen) atoms. The second kappa shape index (κ2) is 8.13. The van der Waals surface area contributed by atoms with Crippen LogP contribution in [0.25, 0.3) is 5.57 Å². The van der Waals surface area contributed by atoms with Gasteiger partial charge in [-0.3, -0.25) is 14.5 Å². The molecule has 3 rings (SSSR count). The minimum Gasteiger partial charge on any atom is -0.494 e. The van der Waals surface area contributed by atoms with E-state index in [1.165, 1.54) is 4.90 Å². The van der Waals surface area contributed by atoms with Crippen molar-refractivity contribution in [2.45, 2.75) is 32.7 Å². The third-order valence-corrected chi connectivity index (χ3v) is 5.50. The zero-order valence-corrected chi connectivity index (χ0v) is 16.7. The molecule has 0 N–H and O–H groups in total. The van der Waals surface area contributed by atoms with Crippen molar-refractivity contribution in [2.75, 3.05) is 40.3 Å². The molecule has 2 aliphatic rings. The minimum atomic E-state index is -0.207. The maximum absolute atomic E-state index is 13.0. The lowest BCUT2D eigenvalue weighted by atomic mass is 10.00. The quantitative estimate of drug-likeness (QED) is 0.718. The van der Waals surface area contributed by atoms with E-state index in [-0.39, 0.29) is 17.9 Å². The predicted octanol–water partition coefficient (Wildman–Crippen LogP) is 2.21. The Balaban J connectivity index is 1.98. The lowest BCUT2D eigenvalue weighted by molar-refractivity contribution is -0.137. The SMILES string of the molecule is CCOc1ccc(C2=C(N(C)C3CCN(C)CC3)C(=O)N(CC)C2=O)cc1. The van der Waals surface area contributed by atoms with Crippen LogP contribution in [0.4, 0.5) is 0 Å². The molecule has 0 aromatic heterocycles. The Morgan fingerprint density at radius 3 is 2.26 bits per heavy atom. The molecule has 0 radical (unpaired) electrons. The number of carbonyl (C=O) groups excluding carboxylic acids is 2. The molecule has 146 valence electrons. The summed E-state index contributed by atoms with van der Waals surface area (Å²) in [5.74, 6) is 0.366. The smallest absolute Gasteiger partial charge is 0.277 e. The highest BCUT2D eigenvalue weighted by Gasteiger charge is 2.41. The minimum absolute atomic E-state index is 0.187. The Kier molecular flexibility index (Phi) is 5.85. The number of benzene rings is 1. The van der Waals surface area contributed by atoms with Gasteiger partial charge in [0.15, 0.2) is 0 Å². The maximum atomic E-state index is 13.0. The van der Waals surface area contributed by atoms with Crippen LogP contribution in [0.2, 0.25) is 0 Å². The normalized spacial score (nSPS) is 19.2. The van der Waals surface area contributed by atoms with Crippen LogP contribution < -0.4 is 4.74 Å². The van der Waals surface area contributed by atoms with Crippen LogP contribution in [-0.4, -0.2) is 72.9 Å². The van der Waals surface area contributed by atoms with Crippen LogP contribution in [0.5, 0.6) is 5.75 Å². The van der Waals surface area contributed by atoms with Gasteiger partial charge in [-0.15, -0.1) is 0 Å². The first-order valence-electron chi connectivity index (χ1n) is 9.73. The van der Waals surface area contributed by atoms with Crippen LogP contribution in [0, 0.1) is 0 Å². The fourth-order valence-corrected chi connectivity index (χ4v) is 3.89. The van der Waals surface area contributed by atoms with Gasteiger partial charge in [-0.05, 0) is 64.5 Å². The van der Waals surface area contributed by atoms with Gasteiger partial charge in [0.25, 0.3) is 11.8 Å². The molecule has 2 aliphatic heterocycles. The molecule has 2 heterocycles. The first kappa shape index (κ1) is 19.4. The number of likely N-dealkylation sites (N-methyl/N-ethyl adjacent to an activating group) is 2. The summed E-state index contributed by atoms with van der Waals surface area (Å²) in [6.07, 6.45) is 1.97. The number of hydrogen-bond acceptors (Lipinski definition) is 5. The van der Waals surface area contributed by atoms with Gasteiger partial charge >= 0.3 is 0 Å². The van der Waals surface area contributed by atoms with Gasteiger partial charge in [0.2, 0.25) is 0 Å². The molecule has 0 saturated carbocycles. The number of likely N-dealkylation sites (tertiary alicyclic amines) is 1. The van der Waals surface area contributed by atoms with Crippen molar-refractivity contribution in [3.05, 3.63) is 35.5 Å². The molecule has 0 bridgehead atoms. The van der Waals surface area contributed by atoms with Gasteiger partial charge < -0.3 is 14.5 Å². The Morgan fingerprint density at radius 1 is 1.07 bits per heavy atom. The Hall–Kier alpha value is -2.34. The molecule has 0 spiro atoms. The second-order valence-electron chi connectivity index (χ2n) is 7.18. The molecule has 1 saturated heterocycles. The zero-order chi connectivity index (χ0) is 19.6. The highest BCUT2D eigenvalue weighted by molar-refractivity contribution is 6.35. The van der Waals surface area contributed by atoms with Crippen LogP contribution in [-0.2, 0) is 9.59 Å². The summed E-state index contributed by atoms with van der Waals surface area (Å²) >= 11 is 0. The lowest BCUT2D eigenvalue weighted by Crippen LogP contribution is -2.43. The van der Waals surface area contributed by atoms with Crippen LogP contribution in [0.15, 0.2) is 30.0 Å². The van der Waals surface area contributed by atoms with Crippen molar-refractivity contribution in [1.29, 1.82) is 0 Å². The first-order valence-corrected chi connectivity index (χ1v) is 9.73. The van der Waals surface area contributed by atoms with Gasteiger partial charge in [-0.2, -0.15) is 0 Å². The Morgan fingerprint density at radius 2 is 1.70 bits per heavy atom. The van der Waals surface area contributed by atoms with E-state index in [1.54, 1.807) is 0 Å². The standard InChI is InChI=1S/C21H29N3O3/c1-5-24-20(25)18(15-7-9-17(10-8-15)27-6-2)19(21(24)26)23(4)16-11-13-22(3)14-12-16/h7-10,16H,5-6,11-14H2,1-4H3. The summed E-state index contributed by atoms with van der Waals surface area (Å²) in [4.78, 5) is 31.7. The number of imide groups is 1. The fourth-order valence-electron chi connectivity index (χ4n) is 3.89. The number of hydrogen-bond donors (Lipinski definition) is 0. The highest BCUT2D eigenvalue weighted by Crippen LogP contribution is 2.34. The van der Waals surface area contributed by atoms with Crippen LogP contribution >= 0.6 is 0 Å². The van der Waals surface area contributed by atoms with E-state index in [9.17, 15) is 9.59 Å². The fraction of sp³-hybridized carbons (Fsp3) is 0.524. The first-order chi connectivity index (χ1) is 13.0. The van der Waals surface area contributed by atoms with Crippen molar-refractivity contribution in [1.82, 2.24) is 14.7 Å². The highest BCUT2D eigenvalue weighted by atomic mass is 16.5. The van der Waals surface area contributed by atoms with Crippen molar-refractivity contribution < 1.29 is 14.3 Å². The summed E-state index contributed by atoms with van der Waals surface area (Å²) in [7, 11) is 4.06. The number of piperidine rings is 1. The average molecular weight is 371 g/mol. The van der Waals surface area contributed by atoms with E-state index in [1.807, 2.05) is 50.1 Å². The number of amides is 2. The summed E-state index contributed by atoms with van der Waals surface area (Å²) in [6, 6.07) is 7.71. The van der Waals surface area contributed by atoms with E-state index < -0.39 is 0 Å². The Bertz CT molecular complexity index is 734. The van der Waals surface area contributed by atoms with Crippen molar-refractivity contribution in [2.24, 2.45) is 0 Å². The van der Waals surface area contributed by atoms with Gasteiger partial charge in [0.05, 0.1) is 12.2 Å². The summed E-state index contributed by atoms with van der Waals surface area (Å²) in [5.41, 5.74) is 1.80. The lowest BCUT2D eigenvalue weighted by Gasteiger charge is -2.36. The van der Waals surface area contributed by atoms with Crippen LogP contribution in [0.1, 0.15) is 32.3 Å². The third kappa shape index (κ3) is 3.72. The average Bonchev–Trinajstić information content (AvgIpc) is 2.92. The molecule has 1 fully saturated rings. The third-order valence-electron chi connectivity index (χ3n) is 5.50. The zero-order valence-electron chi connectivity index (χ0n) is 16.7. The predicted molar refractivity (Wildman–Crippen MR) is 105 cm³/mol. The van der Waals surface area contributed by atoms with Gasteiger partial charge in [-0.25, -0.2) is 0 Å². The van der Waals surface area contributed by atoms with Crippen molar-refractivity contribution in [3.8, 4) is 5.75 Å². The van der Waals surface area contributed by atoms with Crippen LogP contribution in [0.3, 0.4) is 0 Å². The van der Waals surface area contributed by atoms with E-state index in [0.29, 0.717) is 24.4 Å². The second-order valence-corrected chi connectivity index (χ2v) is 7.18. The molecule has 1 aromatic carbocycles. The number of ether oxygens (including phenoxy) is 1. The van der Waals surface area contributed by atoms with Gasteiger partial charge in [-0.1, -0.05) is 12.1 Å². The molecule has 2 amide bonds. The molecular weight excluding hydrogens is 342 g/mol. The Labute approximate surface area is 161 Å². The summed E-state index contributed by atoms with van der Waals surface area (Å²) < 4.78 is 5.50. The number of rotatable bonds is 6.